The Balaban J connectivity index is 2.12. The first-order valence-electron chi connectivity index (χ1n) is 14.7. The van der Waals surface area contributed by atoms with E-state index in [-0.39, 0.29) is 37.6 Å². The fourth-order valence-corrected chi connectivity index (χ4v) is 5.79. The first kappa shape index (κ1) is 33.9. The van der Waals surface area contributed by atoms with E-state index < -0.39 is 47.8 Å². The van der Waals surface area contributed by atoms with Gasteiger partial charge in [0.1, 0.15) is 5.72 Å². The molecule has 3 amide bonds. The molecule has 1 heterocycles. The van der Waals surface area contributed by atoms with Crippen molar-refractivity contribution in [2.45, 2.75) is 116 Å². The zero-order valence-corrected chi connectivity index (χ0v) is 24.5. The maximum absolute atomic E-state index is 13.4. The van der Waals surface area contributed by atoms with Crippen LogP contribution in [0, 0.1) is 17.8 Å². The molecule has 2 fully saturated rings. The van der Waals surface area contributed by atoms with Gasteiger partial charge in [0.05, 0.1) is 31.2 Å². The Morgan fingerprint density at radius 1 is 1.10 bits per heavy atom. The van der Waals surface area contributed by atoms with Crippen molar-refractivity contribution in [1.82, 2.24) is 16.0 Å². The number of amides is 3. The fourth-order valence-electron chi connectivity index (χ4n) is 5.79. The Morgan fingerprint density at radius 3 is 2.35 bits per heavy atom. The molecule has 1 saturated heterocycles. The second kappa shape index (κ2) is 16.2. The lowest BCUT2D eigenvalue weighted by Gasteiger charge is -2.38. The van der Waals surface area contributed by atoms with Crippen LogP contribution in [0.4, 0.5) is 0 Å². The molecule has 5 unspecified atom stereocenters. The molecule has 11 nitrogen and oxygen atoms in total. The molecule has 0 aromatic rings. The Labute approximate surface area is 238 Å². The predicted molar refractivity (Wildman–Crippen MR) is 150 cm³/mol. The molecule has 0 aromatic heterocycles. The number of ketones is 1. The molecule has 0 spiro atoms. The molecular formula is C29H50N4O7. The van der Waals surface area contributed by atoms with Gasteiger partial charge in [-0.15, -0.1) is 0 Å². The zero-order chi connectivity index (χ0) is 29.9. The molecule has 0 aromatic carbocycles. The molecular weight excluding hydrogens is 516 g/mol. The minimum absolute atomic E-state index is 0.104. The average Bonchev–Trinajstić information content (AvgIpc) is 2.87. The molecule has 0 bridgehead atoms. The predicted octanol–water partition coefficient (Wildman–Crippen LogP) is 1.41. The van der Waals surface area contributed by atoms with Crippen molar-refractivity contribution >= 4 is 23.5 Å². The van der Waals surface area contributed by atoms with Crippen molar-refractivity contribution in [3.63, 3.8) is 0 Å². The number of nitrogens with one attached hydrogen (secondary N) is 3. The summed E-state index contributed by atoms with van der Waals surface area (Å²) in [5, 5.41) is 28.4. The summed E-state index contributed by atoms with van der Waals surface area (Å²) >= 11 is 0. The van der Waals surface area contributed by atoms with Gasteiger partial charge in [-0.1, -0.05) is 58.4 Å². The van der Waals surface area contributed by atoms with E-state index >= 15 is 0 Å². The SMILES string of the molecule is CC/C(=C/C(=O)C(CC1CCCCC1)NC(=O)CN)C(CC(C)C)C(=O)NCC(=O)NC1(O)CC(C)OC(O)C1. The van der Waals surface area contributed by atoms with E-state index in [1.54, 1.807) is 6.92 Å². The number of nitrogens with two attached hydrogens (primary N) is 1. The highest BCUT2D eigenvalue weighted by Gasteiger charge is 2.39. The zero-order valence-electron chi connectivity index (χ0n) is 24.5. The summed E-state index contributed by atoms with van der Waals surface area (Å²) in [6.45, 7) is 6.92. The molecule has 11 heteroatoms. The van der Waals surface area contributed by atoms with Crippen molar-refractivity contribution in [1.29, 1.82) is 0 Å². The third-order valence-electron chi connectivity index (χ3n) is 7.69. The lowest BCUT2D eigenvalue weighted by Crippen LogP contribution is -2.57. The third-order valence-corrected chi connectivity index (χ3v) is 7.69. The molecule has 1 saturated carbocycles. The molecule has 2 rings (SSSR count). The second-order valence-corrected chi connectivity index (χ2v) is 11.8. The first-order chi connectivity index (χ1) is 18.9. The molecule has 1 aliphatic carbocycles. The van der Waals surface area contributed by atoms with Crippen LogP contribution >= 0.6 is 0 Å². The first-order valence-corrected chi connectivity index (χ1v) is 14.7. The Morgan fingerprint density at radius 2 is 1.77 bits per heavy atom. The number of carbonyl (C=O) groups excluding carboxylic acids is 4. The van der Waals surface area contributed by atoms with Crippen LogP contribution in [0.3, 0.4) is 0 Å². The number of aliphatic hydroxyl groups excluding tert-OH is 1. The topological polar surface area (TPSA) is 180 Å². The summed E-state index contributed by atoms with van der Waals surface area (Å²) in [6, 6.07) is -0.702. The van der Waals surface area contributed by atoms with Gasteiger partial charge in [0, 0.05) is 12.8 Å². The summed E-state index contributed by atoms with van der Waals surface area (Å²) in [4.78, 5) is 51.4. The molecule has 1 aliphatic heterocycles. The van der Waals surface area contributed by atoms with Gasteiger partial charge in [0.15, 0.2) is 12.1 Å². The van der Waals surface area contributed by atoms with E-state index in [9.17, 15) is 29.4 Å². The smallest absolute Gasteiger partial charge is 0.241 e. The number of carbonyl (C=O) groups is 4. The van der Waals surface area contributed by atoms with Gasteiger partial charge >= 0.3 is 0 Å². The normalized spacial score (nSPS) is 25.6. The Hall–Kier alpha value is -2.34. The highest BCUT2D eigenvalue weighted by molar-refractivity contribution is 5.98. The van der Waals surface area contributed by atoms with Gasteiger partial charge in [-0.3, -0.25) is 19.2 Å². The van der Waals surface area contributed by atoms with E-state index in [2.05, 4.69) is 16.0 Å². The summed E-state index contributed by atoms with van der Waals surface area (Å²) < 4.78 is 5.20. The second-order valence-electron chi connectivity index (χ2n) is 11.8. The Kier molecular flexibility index (Phi) is 13.7. The van der Waals surface area contributed by atoms with E-state index in [1.807, 2.05) is 20.8 Å². The van der Waals surface area contributed by atoms with Crippen LogP contribution in [0.15, 0.2) is 11.6 Å². The van der Waals surface area contributed by atoms with Gasteiger partial charge in [0.2, 0.25) is 17.7 Å². The van der Waals surface area contributed by atoms with Crippen LogP contribution in [0.25, 0.3) is 0 Å². The maximum atomic E-state index is 13.4. The maximum Gasteiger partial charge on any atom is 0.241 e. The van der Waals surface area contributed by atoms with Gasteiger partial charge < -0.3 is 36.6 Å². The van der Waals surface area contributed by atoms with Crippen LogP contribution in [-0.4, -0.2) is 71.0 Å². The van der Waals surface area contributed by atoms with Crippen LogP contribution in [-0.2, 0) is 23.9 Å². The quantitative estimate of drug-likeness (QED) is 0.135. The monoisotopic (exact) mass is 566 g/mol. The molecule has 5 atom stereocenters. The van der Waals surface area contributed by atoms with E-state index in [0.29, 0.717) is 30.8 Å². The van der Waals surface area contributed by atoms with Crippen molar-refractivity contribution < 1.29 is 34.1 Å². The highest BCUT2D eigenvalue weighted by atomic mass is 16.6. The molecule has 40 heavy (non-hydrogen) atoms. The van der Waals surface area contributed by atoms with Gasteiger partial charge in [-0.25, -0.2) is 0 Å². The molecule has 228 valence electrons. The van der Waals surface area contributed by atoms with Gasteiger partial charge in [-0.2, -0.15) is 0 Å². The third kappa shape index (κ3) is 11.3. The molecule has 0 radical (unpaired) electrons. The van der Waals surface area contributed by atoms with Crippen molar-refractivity contribution in [2.75, 3.05) is 13.1 Å². The number of hydrogen-bond acceptors (Lipinski definition) is 8. The van der Waals surface area contributed by atoms with E-state index in [0.717, 1.165) is 25.7 Å². The van der Waals surface area contributed by atoms with Gasteiger partial charge in [-0.05, 0) is 44.1 Å². The summed E-state index contributed by atoms with van der Waals surface area (Å²) in [7, 11) is 0. The summed E-state index contributed by atoms with van der Waals surface area (Å²) in [5.41, 5.74) is 4.50. The average molecular weight is 567 g/mol. The van der Waals surface area contributed by atoms with Crippen LogP contribution < -0.4 is 21.7 Å². The minimum atomic E-state index is -1.64. The Bertz CT molecular complexity index is 891. The number of ether oxygens (including phenoxy) is 1. The highest BCUT2D eigenvalue weighted by Crippen LogP contribution is 2.29. The largest absolute Gasteiger partial charge is 0.371 e. The lowest BCUT2D eigenvalue weighted by atomic mass is 9.82. The van der Waals surface area contributed by atoms with E-state index in [4.69, 9.17) is 10.5 Å². The fraction of sp³-hybridized carbons (Fsp3) is 0.793. The number of aliphatic hydroxyl groups is 2. The van der Waals surface area contributed by atoms with Crippen molar-refractivity contribution in [3.8, 4) is 0 Å². The van der Waals surface area contributed by atoms with Crippen LogP contribution in [0.1, 0.15) is 91.9 Å². The molecule has 2 aliphatic rings. The van der Waals surface area contributed by atoms with Crippen LogP contribution in [0.2, 0.25) is 0 Å². The standard InChI is InChI=1S/C29H50N4O7/c1-5-21(13-24(34)23(32-25(35)16-30)12-20-9-7-6-8-10-20)22(11-18(2)3)28(38)31-17-26(36)33-29(39)14-19(4)40-27(37)15-29/h13,18-20,22-23,27,37,39H,5-12,14-17,30H2,1-4H3,(H,31,38)(H,32,35)(H,33,36)/b21-13-. The number of hydrogen-bond donors (Lipinski definition) is 6. The number of rotatable bonds is 14. The lowest BCUT2D eigenvalue weighted by molar-refractivity contribution is -0.221. The van der Waals surface area contributed by atoms with Crippen molar-refractivity contribution in [3.05, 3.63) is 11.6 Å². The van der Waals surface area contributed by atoms with Crippen LogP contribution in [0.5, 0.6) is 0 Å². The molecule has 7 N–H and O–H groups in total. The van der Waals surface area contributed by atoms with Crippen molar-refractivity contribution in [2.24, 2.45) is 23.5 Å². The minimum Gasteiger partial charge on any atom is -0.371 e. The van der Waals surface area contributed by atoms with E-state index in [1.165, 1.54) is 12.5 Å². The van der Waals surface area contributed by atoms with Gasteiger partial charge in [0.25, 0.3) is 0 Å². The summed E-state index contributed by atoms with van der Waals surface area (Å²) in [6.07, 6.45) is 6.66. The summed E-state index contributed by atoms with van der Waals surface area (Å²) in [5.74, 6) is -1.80.